The maximum absolute atomic E-state index is 5.14. The molecule has 12 nitrogen and oxygen atoms in total. The standard InChI is InChI=1S/C31H25N5.C22H21N.C20H19N3.C19H19N3/c1-31(2,3)28-32-29(35-24-16-8-4-12-20(24)21-13-5-9-17-25(21)35)34-30(33-28)36-26-18-10-6-14-22(26)23-15-7-11-19-27(23)36;1-22(2,3)16-13-14-21-19(15-16)18-11-7-8-12-20(18)23(21)17-9-5-4-6-10-17;1-20(2,3)14-12-21-19(22-13-14)23-17-10-6-4-8-15(17)16-9-5-7-11-18(16)23;1-19(2,3)18-21-16(14-10-6-4-7-11-14)20-17(22-18)15-12-8-5-9-13-15/h4-19H,1-3H3;4-15H,1-3H3;4-13H,1-3H3;4-13H,1-3H3. The van der Waals surface area contributed by atoms with Crippen LogP contribution in [0.5, 0.6) is 0 Å². The summed E-state index contributed by atoms with van der Waals surface area (Å²) in [6.07, 6.45) is 3.87. The number of nitrogens with zero attached hydrogens (tertiary/aromatic N) is 12. The highest BCUT2D eigenvalue weighted by molar-refractivity contribution is 6.12. The first-order valence-electron chi connectivity index (χ1n) is 35.7. The lowest BCUT2D eigenvalue weighted by atomic mass is 9.86. The van der Waals surface area contributed by atoms with E-state index < -0.39 is 0 Å². The third-order valence-electron chi connectivity index (χ3n) is 19.1. The van der Waals surface area contributed by atoms with Gasteiger partial charge in [0, 0.05) is 83.1 Å². The molecule has 0 aliphatic rings. The van der Waals surface area contributed by atoms with Crippen LogP contribution in [-0.2, 0) is 21.7 Å². The summed E-state index contributed by atoms with van der Waals surface area (Å²) in [5, 5.41) is 9.84. The minimum Gasteiger partial charge on any atom is -0.309 e. The van der Waals surface area contributed by atoms with E-state index in [0.29, 0.717) is 11.9 Å². The van der Waals surface area contributed by atoms with Crippen molar-refractivity contribution in [2.75, 3.05) is 0 Å². The summed E-state index contributed by atoms with van der Waals surface area (Å²) >= 11 is 0. The van der Waals surface area contributed by atoms with Gasteiger partial charge in [0.1, 0.15) is 11.6 Å². The van der Waals surface area contributed by atoms with E-state index in [1.807, 2.05) is 73.1 Å². The molecular formula is C92H84N12. The van der Waals surface area contributed by atoms with Crippen LogP contribution in [-0.4, -0.2) is 58.1 Å². The lowest BCUT2D eigenvalue weighted by Crippen LogP contribution is -2.20. The summed E-state index contributed by atoms with van der Waals surface area (Å²) < 4.78 is 8.83. The maximum Gasteiger partial charge on any atom is 0.239 e. The molecule has 0 N–H and O–H groups in total. The Bertz CT molecular complexity index is 5790. The number of rotatable bonds is 6. The predicted octanol–water partition coefficient (Wildman–Crippen LogP) is 22.8. The fourth-order valence-electron chi connectivity index (χ4n) is 13.6. The minimum absolute atomic E-state index is 0.0549. The van der Waals surface area contributed by atoms with Crippen LogP contribution in [0.4, 0.5) is 0 Å². The molecule has 0 bridgehead atoms. The zero-order valence-corrected chi connectivity index (χ0v) is 61.1. The van der Waals surface area contributed by atoms with Gasteiger partial charge < -0.3 is 4.57 Å². The Morgan fingerprint density at radius 2 is 0.510 bits per heavy atom. The molecule has 0 unspecified atom stereocenters. The molecule has 7 heterocycles. The van der Waals surface area contributed by atoms with Crippen LogP contribution in [0.2, 0.25) is 0 Å². The zero-order chi connectivity index (χ0) is 72.1. The van der Waals surface area contributed by atoms with Crippen molar-refractivity contribution >= 4 is 87.2 Å². The summed E-state index contributed by atoms with van der Waals surface area (Å²) in [5.41, 5.74) is 14.7. The van der Waals surface area contributed by atoms with Crippen LogP contribution >= 0.6 is 0 Å². The third-order valence-corrected chi connectivity index (χ3v) is 19.1. The smallest absolute Gasteiger partial charge is 0.239 e. The number of hydrogen-bond acceptors (Lipinski definition) is 8. The first-order valence-corrected chi connectivity index (χ1v) is 35.7. The molecule has 18 rings (SSSR count). The third kappa shape index (κ3) is 13.2. The van der Waals surface area contributed by atoms with Gasteiger partial charge in [0.05, 0.1) is 44.1 Å². The molecule has 0 atom stereocenters. The Hall–Kier alpha value is -12.3. The Balaban J connectivity index is 0.000000114. The van der Waals surface area contributed by atoms with Gasteiger partial charge in [-0.15, -0.1) is 0 Å². The van der Waals surface area contributed by atoms with Gasteiger partial charge in [-0.2, -0.15) is 15.0 Å². The first kappa shape index (κ1) is 67.5. The van der Waals surface area contributed by atoms with Gasteiger partial charge in [-0.05, 0) is 88.7 Å². The molecule has 0 fully saturated rings. The maximum atomic E-state index is 5.14. The lowest BCUT2D eigenvalue weighted by molar-refractivity contribution is 0.537. The van der Waals surface area contributed by atoms with Crippen LogP contribution in [0, 0.1) is 0 Å². The molecule has 0 saturated carbocycles. The fraction of sp³-hybridized carbons (Fsp3) is 0.174. The van der Waals surface area contributed by atoms with Gasteiger partial charge in [0.25, 0.3) is 0 Å². The number of fused-ring (bicyclic) bond motifs is 12. The quantitative estimate of drug-likeness (QED) is 0.161. The van der Waals surface area contributed by atoms with Gasteiger partial charge in [-0.1, -0.05) is 295 Å². The largest absolute Gasteiger partial charge is 0.309 e. The molecule has 104 heavy (non-hydrogen) atoms. The number of aromatic nitrogens is 12. The molecule has 0 saturated heterocycles. The van der Waals surface area contributed by atoms with Gasteiger partial charge >= 0.3 is 0 Å². The Labute approximate surface area is 607 Å². The molecule has 512 valence electrons. The van der Waals surface area contributed by atoms with Crippen LogP contribution in [0.1, 0.15) is 106 Å². The van der Waals surface area contributed by atoms with E-state index in [-0.39, 0.29) is 21.7 Å². The average molecular weight is 1360 g/mol. The summed E-state index contributed by atoms with van der Waals surface area (Å²) in [5.74, 6) is 4.98. The van der Waals surface area contributed by atoms with Gasteiger partial charge in [0.2, 0.25) is 17.8 Å². The normalized spacial score (nSPS) is 12.0. The molecule has 0 radical (unpaired) electrons. The fourth-order valence-corrected chi connectivity index (χ4v) is 13.6. The van der Waals surface area contributed by atoms with E-state index in [1.165, 1.54) is 65.4 Å². The number of hydrogen-bond donors (Lipinski definition) is 0. The van der Waals surface area contributed by atoms with E-state index in [0.717, 1.165) is 79.0 Å². The van der Waals surface area contributed by atoms with E-state index in [9.17, 15) is 0 Å². The van der Waals surface area contributed by atoms with Crippen molar-refractivity contribution in [2.24, 2.45) is 0 Å². The highest BCUT2D eigenvalue weighted by Crippen LogP contribution is 2.38. The Morgan fingerprint density at radius 3 is 0.856 bits per heavy atom. The topological polar surface area (TPSA) is 123 Å². The SMILES string of the molecule is CC(C)(C)c1ccc2c(c1)c1ccccc1n2-c1ccccc1.CC(C)(C)c1cnc(-n2c3ccccc3c3ccccc32)nc1.CC(C)(C)c1nc(-c2ccccc2)nc(-c2ccccc2)n1.CC(C)(C)c1nc(-n2c3ccccc3c3ccccc32)nc(-n2c3ccccc3c3ccccc32)n1. The minimum atomic E-state index is -0.260. The van der Waals surface area contributed by atoms with Gasteiger partial charge in [-0.25, -0.2) is 24.9 Å². The van der Waals surface area contributed by atoms with Crippen molar-refractivity contribution in [3.8, 4) is 46.3 Å². The monoisotopic (exact) mass is 1360 g/mol. The van der Waals surface area contributed by atoms with Crippen molar-refractivity contribution in [1.29, 1.82) is 0 Å². The van der Waals surface area contributed by atoms with E-state index in [2.05, 4.69) is 345 Å². The summed E-state index contributed by atoms with van der Waals surface area (Å²) in [4.78, 5) is 38.5. The second kappa shape index (κ2) is 27.2. The Morgan fingerprint density at radius 1 is 0.221 bits per heavy atom. The highest BCUT2D eigenvalue weighted by atomic mass is 15.3. The molecule has 0 spiro atoms. The first-order chi connectivity index (χ1) is 50.2. The van der Waals surface area contributed by atoms with Crippen LogP contribution in [0.15, 0.2) is 291 Å². The van der Waals surface area contributed by atoms with Crippen molar-refractivity contribution in [1.82, 2.24) is 58.1 Å². The molecule has 18 aromatic rings. The van der Waals surface area contributed by atoms with Crippen molar-refractivity contribution in [3.05, 3.63) is 314 Å². The van der Waals surface area contributed by atoms with Crippen molar-refractivity contribution in [2.45, 2.75) is 105 Å². The van der Waals surface area contributed by atoms with E-state index >= 15 is 0 Å². The van der Waals surface area contributed by atoms with Crippen LogP contribution < -0.4 is 0 Å². The lowest BCUT2D eigenvalue weighted by Gasteiger charge is -2.19. The second-order valence-electron chi connectivity index (χ2n) is 30.6. The average Bonchev–Trinajstić information content (AvgIpc) is 1.58. The zero-order valence-electron chi connectivity index (χ0n) is 61.1. The molecule has 7 aromatic heterocycles. The molecule has 11 aromatic carbocycles. The van der Waals surface area contributed by atoms with Gasteiger partial charge in [-0.3, -0.25) is 13.7 Å². The predicted molar refractivity (Wildman–Crippen MR) is 431 cm³/mol. The molecule has 0 amide bonds. The summed E-state index contributed by atoms with van der Waals surface area (Å²) in [7, 11) is 0. The summed E-state index contributed by atoms with van der Waals surface area (Å²) in [6.45, 7) is 26.1. The van der Waals surface area contributed by atoms with E-state index in [4.69, 9.17) is 15.0 Å². The van der Waals surface area contributed by atoms with E-state index in [1.54, 1.807) is 0 Å². The number of benzene rings is 11. The summed E-state index contributed by atoms with van der Waals surface area (Å²) in [6, 6.07) is 96.8. The number of para-hydroxylation sites is 8. The highest BCUT2D eigenvalue weighted by Gasteiger charge is 2.27. The molecular weight excluding hydrogens is 1270 g/mol. The van der Waals surface area contributed by atoms with Crippen molar-refractivity contribution in [3.63, 3.8) is 0 Å². The second-order valence-corrected chi connectivity index (χ2v) is 30.6. The van der Waals surface area contributed by atoms with Crippen LogP contribution in [0.25, 0.3) is 134 Å². The molecule has 12 heteroatoms. The molecule has 0 aliphatic carbocycles. The molecule has 0 aliphatic heterocycles. The van der Waals surface area contributed by atoms with Gasteiger partial charge in [0.15, 0.2) is 11.6 Å². The van der Waals surface area contributed by atoms with Crippen LogP contribution in [0.3, 0.4) is 0 Å². The van der Waals surface area contributed by atoms with Crippen molar-refractivity contribution < 1.29 is 0 Å². The Kier molecular flexibility index (Phi) is 17.7.